The summed E-state index contributed by atoms with van der Waals surface area (Å²) < 4.78 is 1.16. The lowest BCUT2D eigenvalue weighted by molar-refractivity contribution is -0.133. The summed E-state index contributed by atoms with van der Waals surface area (Å²) >= 11 is 0. The molecule has 7 heteroatoms. The molecular formula is C17H21N5O2. The van der Waals surface area contributed by atoms with Crippen molar-refractivity contribution in [1.29, 1.82) is 0 Å². The van der Waals surface area contributed by atoms with Crippen LogP contribution in [0.15, 0.2) is 29.1 Å². The molecule has 1 aromatic heterocycles. The predicted molar refractivity (Wildman–Crippen MR) is 89.5 cm³/mol. The smallest absolute Gasteiger partial charge is 0.278 e. The molecule has 2 aromatic rings. The zero-order valence-electron chi connectivity index (χ0n) is 13.7. The molecule has 2 aliphatic rings. The molecule has 24 heavy (non-hydrogen) atoms. The Morgan fingerprint density at radius 1 is 1.29 bits per heavy atom. The second-order valence-corrected chi connectivity index (χ2v) is 6.84. The molecule has 2 bridgehead atoms. The van der Waals surface area contributed by atoms with Crippen molar-refractivity contribution >= 4 is 16.8 Å². The SMILES string of the molecule is CN(C(=O)Cn1nnc2ccccc2c1=O)C1CC2CCC(C1)N2. The lowest BCUT2D eigenvalue weighted by atomic mass is 9.98. The normalized spacial score (nSPS) is 25.8. The van der Waals surface area contributed by atoms with E-state index in [4.69, 9.17) is 0 Å². The maximum absolute atomic E-state index is 12.6. The highest BCUT2D eigenvalue weighted by atomic mass is 16.2. The fourth-order valence-electron chi connectivity index (χ4n) is 3.91. The molecule has 2 saturated heterocycles. The van der Waals surface area contributed by atoms with Crippen molar-refractivity contribution in [3.05, 3.63) is 34.6 Å². The number of carbonyl (C=O) groups excluding carboxylic acids is 1. The molecule has 2 aliphatic heterocycles. The first-order valence-electron chi connectivity index (χ1n) is 8.46. The van der Waals surface area contributed by atoms with Crippen molar-refractivity contribution in [2.45, 2.75) is 50.4 Å². The molecular weight excluding hydrogens is 306 g/mol. The minimum absolute atomic E-state index is 0.0631. The number of nitrogens with one attached hydrogen (secondary N) is 1. The largest absolute Gasteiger partial charge is 0.341 e. The zero-order valence-corrected chi connectivity index (χ0v) is 13.7. The first kappa shape index (κ1) is 15.3. The Labute approximate surface area is 139 Å². The van der Waals surface area contributed by atoms with Gasteiger partial charge < -0.3 is 10.2 Å². The number of hydrogen-bond acceptors (Lipinski definition) is 5. The summed E-state index contributed by atoms with van der Waals surface area (Å²) in [5.74, 6) is -0.0898. The van der Waals surface area contributed by atoms with Gasteiger partial charge in [0, 0.05) is 25.2 Å². The maximum atomic E-state index is 12.6. The van der Waals surface area contributed by atoms with Crippen molar-refractivity contribution in [3.63, 3.8) is 0 Å². The van der Waals surface area contributed by atoms with E-state index in [0.717, 1.165) is 17.5 Å². The molecule has 2 atom stereocenters. The average molecular weight is 327 g/mol. The number of fused-ring (bicyclic) bond motifs is 3. The molecule has 2 unspecified atom stereocenters. The number of hydrogen-bond donors (Lipinski definition) is 1. The quantitative estimate of drug-likeness (QED) is 0.890. The summed E-state index contributed by atoms with van der Waals surface area (Å²) in [4.78, 5) is 26.9. The molecule has 126 valence electrons. The Morgan fingerprint density at radius 2 is 2.00 bits per heavy atom. The lowest BCUT2D eigenvalue weighted by Gasteiger charge is -2.35. The van der Waals surface area contributed by atoms with Crippen molar-refractivity contribution in [1.82, 2.24) is 25.2 Å². The van der Waals surface area contributed by atoms with Gasteiger partial charge in [-0.25, -0.2) is 4.68 Å². The van der Waals surface area contributed by atoms with Crippen LogP contribution in [0.2, 0.25) is 0 Å². The minimum atomic E-state index is -0.271. The van der Waals surface area contributed by atoms with E-state index < -0.39 is 0 Å². The molecule has 1 N–H and O–H groups in total. The number of benzene rings is 1. The van der Waals surface area contributed by atoms with E-state index in [2.05, 4.69) is 15.6 Å². The van der Waals surface area contributed by atoms with Crippen molar-refractivity contribution < 1.29 is 4.79 Å². The highest BCUT2D eigenvalue weighted by Gasteiger charge is 2.36. The summed E-state index contributed by atoms with van der Waals surface area (Å²) in [6.45, 7) is -0.0631. The first-order chi connectivity index (χ1) is 11.6. The summed E-state index contributed by atoms with van der Waals surface area (Å²) in [6.07, 6.45) is 4.35. The standard InChI is InChI=1S/C17H21N5O2/c1-21(13-8-11-6-7-12(9-13)18-11)16(23)10-22-17(24)14-4-2-3-5-15(14)19-20-22/h2-5,11-13,18H,6-10H2,1H3. The number of aromatic nitrogens is 3. The Hall–Kier alpha value is -2.28. The third-order valence-corrected chi connectivity index (χ3v) is 5.30. The van der Waals surface area contributed by atoms with Crippen LogP contribution >= 0.6 is 0 Å². The number of rotatable bonds is 3. The van der Waals surface area contributed by atoms with E-state index in [1.165, 1.54) is 12.8 Å². The van der Waals surface area contributed by atoms with E-state index in [0.29, 0.717) is 23.0 Å². The van der Waals surface area contributed by atoms with E-state index in [9.17, 15) is 9.59 Å². The van der Waals surface area contributed by atoms with Crippen LogP contribution in [-0.2, 0) is 11.3 Å². The fourth-order valence-corrected chi connectivity index (χ4v) is 3.91. The van der Waals surface area contributed by atoms with Gasteiger partial charge in [-0.15, -0.1) is 5.10 Å². The molecule has 0 radical (unpaired) electrons. The maximum Gasteiger partial charge on any atom is 0.278 e. The van der Waals surface area contributed by atoms with Crippen molar-refractivity contribution in [3.8, 4) is 0 Å². The van der Waals surface area contributed by atoms with Crippen LogP contribution in [0.3, 0.4) is 0 Å². The zero-order chi connectivity index (χ0) is 16.7. The Balaban J connectivity index is 1.51. The summed E-state index contributed by atoms with van der Waals surface area (Å²) in [6, 6.07) is 8.33. The van der Waals surface area contributed by atoms with Crippen LogP contribution < -0.4 is 10.9 Å². The monoisotopic (exact) mass is 327 g/mol. The third-order valence-electron chi connectivity index (χ3n) is 5.30. The van der Waals surface area contributed by atoms with E-state index >= 15 is 0 Å². The highest BCUT2D eigenvalue weighted by Crippen LogP contribution is 2.29. The van der Waals surface area contributed by atoms with E-state index in [1.54, 1.807) is 23.1 Å². The third kappa shape index (κ3) is 2.69. The Bertz CT molecular complexity index is 821. The van der Waals surface area contributed by atoms with Gasteiger partial charge in [-0.2, -0.15) is 0 Å². The van der Waals surface area contributed by atoms with Crippen LogP contribution in [0.25, 0.3) is 10.9 Å². The molecule has 3 heterocycles. The van der Waals surface area contributed by atoms with Gasteiger partial charge in [0.2, 0.25) is 5.91 Å². The second-order valence-electron chi connectivity index (χ2n) is 6.84. The van der Waals surface area contributed by atoms with E-state index in [-0.39, 0.29) is 24.1 Å². The van der Waals surface area contributed by atoms with Crippen molar-refractivity contribution in [2.75, 3.05) is 7.05 Å². The molecule has 1 amide bonds. The minimum Gasteiger partial charge on any atom is -0.341 e. The fraction of sp³-hybridized carbons (Fsp3) is 0.529. The van der Waals surface area contributed by atoms with Gasteiger partial charge in [0.1, 0.15) is 12.1 Å². The number of amides is 1. The van der Waals surface area contributed by atoms with Crippen LogP contribution in [0.4, 0.5) is 0 Å². The average Bonchev–Trinajstić information content (AvgIpc) is 2.94. The van der Waals surface area contributed by atoms with Gasteiger partial charge in [-0.05, 0) is 37.8 Å². The van der Waals surface area contributed by atoms with Gasteiger partial charge in [-0.1, -0.05) is 17.3 Å². The Morgan fingerprint density at radius 3 is 2.75 bits per heavy atom. The summed E-state index contributed by atoms with van der Waals surface area (Å²) in [7, 11) is 1.83. The first-order valence-corrected chi connectivity index (χ1v) is 8.46. The molecule has 0 spiro atoms. The summed E-state index contributed by atoms with van der Waals surface area (Å²) in [5, 5.41) is 12.0. The van der Waals surface area contributed by atoms with Gasteiger partial charge >= 0.3 is 0 Å². The van der Waals surface area contributed by atoms with Crippen LogP contribution in [0.1, 0.15) is 25.7 Å². The number of carbonyl (C=O) groups is 1. The van der Waals surface area contributed by atoms with E-state index in [1.807, 2.05) is 13.1 Å². The number of likely N-dealkylation sites (N-methyl/N-ethyl adjacent to an activating group) is 1. The van der Waals surface area contributed by atoms with Crippen LogP contribution in [0.5, 0.6) is 0 Å². The lowest BCUT2D eigenvalue weighted by Crippen LogP contribution is -2.49. The van der Waals surface area contributed by atoms with Gasteiger partial charge in [0.05, 0.1) is 5.39 Å². The molecule has 4 rings (SSSR count). The molecule has 0 saturated carbocycles. The van der Waals surface area contributed by atoms with Gasteiger partial charge in [0.25, 0.3) is 5.56 Å². The Kier molecular flexibility index (Phi) is 3.80. The van der Waals surface area contributed by atoms with Crippen LogP contribution in [0, 0.1) is 0 Å². The van der Waals surface area contributed by atoms with Crippen LogP contribution in [-0.4, -0.2) is 51.0 Å². The van der Waals surface area contributed by atoms with Gasteiger partial charge in [0.15, 0.2) is 0 Å². The summed E-state index contributed by atoms with van der Waals surface area (Å²) in [5.41, 5.74) is 0.280. The molecule has 1 aromatic carbocycles. The second kappa shape index (κ2) is 5.98. The predicted octanol–water partition coefficient (Wildman–Crippen LogP) is 0.533. The topological polar surface area (TPSA) is 80.1 Å². The number of piperidine rings is 1. The van der Waals surface area contributed by atoms with Gasteiger partial charge in [-0.3, -0.25) is 9.59 Å². The van der Waals surface area contributed by atoms with Crippen molar-refractivity contribution in [2.24, 2.45) is 0 Å². The molecule has 7 nitrogen and oxygen atoms in total. The molecule has 0 aliphatic carbocycles. The highest BCUT2D eigenvalue weighted by molar-refractivity contribution is 5.78. The molecule has 2 fully saturated rings. The number of nitrogens with zero attached hydrogens (tertiary/aromatic N) is 4.